The average Bonchev–Trinajstić information content (AvgIpc) is 3.67. The van der Waals surface area contributed by atoms with Crippen LogP contribution in [0.15, 0.2) is 30.7 Å². The number of imidazole rings is 1. The fourth-order valence-corrected chi connectivity index (χ4v) is 4.10. The second kappa shape index (κ2) is 7.78. The SMILES string of the molecule is Cc1ccc(C#CC2CC2)cc1C(OC1CC1)c1cn(CC2OCC3(CC3)CO2)cn1. The van der Waals surface area contributed by atoms with Gasteiger partial charge < -0.3 is 18.8 Å². The summed E-state index contributed by atoms with van der Waals surface area (Å²) in [5.41, 5.74) is 4.71. The summed E-state index contributed by atoms with van der Waals surface area (Å²) in [6.07, 6.45) is 11.1. The van der Waals surface area contributed by atoms with Gasteiger partial charge in [0.05, 0.1) is 37.9 Å². The fourth-order valence-electron chi connectivity index (χ4n) is 4.10. The Morgan fingerprint density at radius 3 is 2.71 bits per heavy atom. The number of benzene rings is 1. The maximum absolute atomic E-state index is 6.46. The van der Waals surface area contributed by atoms with Crippen LogP contribution in [0.2, 0.25) is 0 Å². The third-order valence-corrected chi connectivity index (χ3v) is 6.80. The molecule has 2 aromatic rings. The number of aryl methyl sites for hydroxylation is 1. The molecule has 3 aliphatic carbocycles. The zero-order chi connectivity index (χ0) is 20.8. The molecule has 2 heterocycles. The number of ether oxygens (including phenoxy) is 3. The van der Waals surface area contributed by atoms with E-state index >= 15 is 0 Å². The molecule has 6 rings (SSSR count). The second-order valence-electron chi connectivity index (χ2n) is 9.88. The smallest absolute Gasteiger partial charge is 0.175 e. The molecule has 0 N–H and O–H groups in total. The van der Waals surface area contributed by atoms with Crippen LogP contribution in [0.4, 0.5) is 0 Å². The van der Waals surface area contributed by atoms with Gasteiger partial charge in [-0.2, -0.15) is 0 Å². The van der Waals surface area contributed by atoms with Crippen LogP contribution in [0, 0.1) is 30.1 Å². The van der Waals surface area contributed by atoms with E-state index in [2.05, 4.69) is 47.7 Å². The van der Waals surface area contributed by atoms with Gasteiger partial charge in [0.25, 0.3) is 0 Å². The van der Waals surface area contributed by atoms with Crippen LogP contribution in [-0.2, 0) is 20.8 Å². The van der Waals surface area contributed by atoms with Crippen molar-refractivity contribution in [2.45, 2.75) is 70.5 Å². The van der Waals surface area contributed by atoms with Gasteiger partial charge >= 0.3 is 0 Å². The number of rotatable bonds is 6. The Labute approximate surface area is 184 Å². The maximum atomic E-state index is 6.46. The van der Waals surface area contributed by atoms with E-state index in [4.69, 9.17) is 19.2 Å². The molecule has 1 aromatic heterocycles. The molecule has 0 bridgehead atoms. The Balaban J connectivity index is 1.21. The van der Waals surface area contributed by atoms with Gasteiger partial charge in [0.2, 0.25) is 0 Å². The van der Waals surface area contributed by atoms with Gasteiger partial charge in [-0.15, -0.1) is 0 Å². The molecule has 1 saturated heterocycles. The largest absolute Gasteiger partial charge is 0.364 e. The zero-order valence-electron chi connectivity index (χ0n) is 18.2. The predicted molar refractivity (Wildman–Crippen MR) is 116 cm³/mol. The highest BCUT2D eigenvalue weighted by molar-refractivity contribution is 5.44. The molecule has 0 radical (unpaired) electrons. The van der Waals surface area contributed by atoms with Crippen molar-refractivity contribution in [1.82, 2.24) is 9.55 Å². The first-order valence-electron chi connectivity index (χ1n) is 11.7. The van der Waals surface area contributed by atoms with Crippen molar-refractivity contribution in [1.29, 1.82) is 0 Å². The highest BCUT2D eigenvalue weighted by Crippen LogP contribution is 2.48. The van der Waals surface area contributed by atoms with Crippen molar-refractivity contribution in [2.24, 2.45) is 11.3 Å². The lowest BCUT2D eigenvalue weighted by Crippen LogP contribution is -2.35. The van der Waals surface area contributed by atoms with E-state index in [0.717, 1.165) is 37.3 Å². The van der Waals surface area contributed by atoms with Crippen molar-refractivity contribution in [3.05, 3.63) is 53.1 Å². The molecular weight excluding hydrogens is 388 g/mol. The van der Waals surface area contributed by atoms with E-state index < -0.39 is 0 Å². The topological polar surface area (TPSA) is 45.5 Å². The van der Waals surface area contributed by atoms with E-state index in [0.29, 0.717) is 24.0 Å². The molecule has 1 atom stereocenters. The van der Waals surface area contributed by atoms with Crippen molar-refractivity contribution < 1.29 is 14.2 Å². The van der Waals surface area contributed by atoms with Crippen LogP contribution in [0.3, 0.4) is 0 Å². The first kappa shape index (κ1) is 19.5. The summed E-state index contributed by atoms with van der Waals surface area (Å²) in [6.45, 7) is 4.44. The second-order valence-corrected chi connectivity index (χ2v) is 9.88. The summed E-state index contributed by atoms with van der Waals surface area (Å²) in [5.74, 6) is 7.32. The first-order valence-corrected chi connectivity index (χ1v) is 11.7. The Kier molecular flexibility index (Phi) is 4.90. The van der Waals surface area contributed by atoms with Crippen molar-refractivity contribution in [3.63, 3.8) is 0 Å². The quantitative estimate of drug-likeness (QED) is 0.654. The normalized spacial score (nSPS) is 23.4. The lowest BCUT2D eigenvalue weighted by Gasteiger charge is -2.29. The molecule has 4 aliphatic rings. The Bertz CT molecular complexity index is 1010. The molecule has 5 nitrogen and oxygen atoms in total. The Morgan fingerprint density at radius 2 is 2.00 bits per heavy atom. The van der Waals surface area contributed by atoms with E-state index in [1.807, 2.05) is 6.33 Å². The van der Waals surface area contributed by atoms with E-state index in [-0.39, 0.29) is 12.4 Å². The van der Waals surface area contributed by atoms with Crippen LogP contribution in [-0.4, -0.2) is 35.2 Å². The van der Waals surface area contributed by atoms with Crippen LogP contribution < -0.4 is 0 Å². The number of aromatic nitrogens is 2. The van der Waals surface area contributed by atoms with Gasteiger partial charge in [-0.25, -0.2) is 4.98 Å². The van der Waals surface area contributed by atoms with E-state index in [9.17, 15) is 0 Å². The maximum Gasteiger partial charge on any atom is 0.175 e. The molecule has 1 unspecified atom stereocenters. The highest BCUT2D eigenvalue weighted by Gasteiger charge is 2.47. The van der Waals surface area contributed by atoms with Crippen LogP contribution in [0.5, 0.6) is 0 Å². The minimum absolute atomic E-state index is 0.167. The van der Waals surface area contributed by atoms with Gasteiger partial charge in [-0.05, 0) is 68.7 Å². The molecule has 5 heteroatoms. The minimum Gasteiger partial charge on any atom is -0.364 e. The van der Waals surface area contributed by atoms with Crippen LogP contribution in [0.25, 0.3) is 0 Å². The monoisotopic (exact) mass is 418 g/mol. The van der Waals surface area contributed by atoms with Gasteiger partial charge in [0, 0.05) is 23.1 Å². The van der Waals surface area contributed by atoms with Gasteiger partial charge in [-0.1, -0.05) is 17.9 Å². The standard InChI is InChI=1S/C26H30N2O3/c1-18-2-3-20(7-6-19-4-5-19)12-22(18)25(31-21-8-9-21)23-13-28(17-27-23)14-24-29-15-26(10-11-26)16-30-24/h2-3,12-13,17,19,21,24-25H,4-5,8-11,14-16H2,1H3. The minimum atomic E-state index is -0.196. The summed E-state index contributed by atoms with van der Waals surface area (Å²) in [5, 5.41) is 0. The molecule has 1 spiro atoms. The van der Waals surface area contributed by atoms with Gasteiger partial charge in [0.15, 0.2) is 6.29 Å². The molecule has 0 amide bonds. The molecular formula is C26H30N2O3. The Morgan fingerprint density at radius 1 is 1.19 bits per heavy atom. The van der Waals surface area contributed by atoms with Gasteiger partial charge in [-0.3, -0.25) is 0 Å². The highest BCUT2D eigenvalue weighted by atomic mass is 16.7. The summed E-state index contributed by atoms with van der Waals surface area (Å²) >= 11 is 0. The molecule has 1 aromatic carbocycles. The lowest BCUT2D eigenvalue weighted by atomic mass is 9.98. The molecule has 31 heavy (non-hydrogen) atoms. The molecule has 4 fully saturated rings. The molecule has 162 valence electrons. The first-order chi connectivity index (χ1) is 15.2. The number of hydrogen-bond donors (Lipinski definition) is 0. The fraction of sp³-hybridized carbons (Fsp3) is 0.577. The number of hydrogen-bond acceptors (Lipinski definition) is 4. The van der Waals surface area contributed by atoms with Crippen molar-refractivity contribution in [2.75, 3.05) is 13.2 Å². The lowest BCUT2D eigenvalue weighted by molar-refractivity contribution is -0.212. The molecule has 1 aliphatic heterocycles. The van der Waals surface area contributed by atoms with Crippen molar-refractivity contribution >= 4 is 0 Å². The van der Waals surface area contributed by atoms with E-state index in [1.54, 1.807) is 0 Å². The van der Waals surface area contributed by atoms with Crippen molar-refractivity contribution in [3.8, 4) is 11.8 Å². The third-order valence-electron chi connectivity index (χ3n) is 6.80. The average molecular weight is 419 g/mol. The summed E-state index contributed by atoms with van der Waals surface area (Å²) in [6, 6.07) is 6.47. The van der Waals surface area contributed by atoms with Crippen LogP contribution in [0.1, 0.15) is 67.0 Å². The molecule has 3 saturated carbocycles. The number of nitrogens with zero attached hydrogens (tertiary/aromatic N) is 2. The van der Waals surface area contributed by atoms with Crippen LogP contribution >= 0.6 is 0 Å². The Hall–Kier alpha value is -2.13. The summed E-state index contributed by atoms with van der Waals surface area (Å²) in [7, 11) is 0. The van der Waals surface area contributed by atoms with Gasteiger partial charge in [0.1, 0.15) is 6.10 Å². The summed E-state index contributed by atoms with van der Waals surface area (Å²) in [4.78, 5) is 4.73. The predicted octanol–water partition coefficient (Wildman–Crippen LogP) is 4.37. The zero-order valence-corrected chi connectivity index (χ0v) is 18.2. The van der Waals surface area contributed by atoms with E-state index in [1.165, 1.54) is 36.8 Å². The third kappa shape index (κ3) is 4.57. The summed E-state index contributed by atoms with van der Waals surface area (Å²) < 4.78 is 20.4.